The number of nitrogens with zero attached hydrogens (tertiary/aromatic N) is 2. The van der Waals surface area contributed by atoms with E-state index < -0.39 is 11.7 Å². The van der Waals surface area contributed by atoms with Crippen molar-refractivity contribution in [1.82, 2.24) is 15.3 Å². The first-order valence-electron chi connectivity index (χ1n) is 9.85. The van der Waals surface area contributed by atoms with Crippen LogP contribution in [-0.2, 0) is 9.59 Å². The minimum Gasteiger partial charge on any atom is -0.489 e. The molecule has 0 aliphatic carbocycles. The third-order valence-electron chi connectivity index (χ3n) is 4.45. The molecule has 3 rings (SSSR count). The molecule has 11 heteroatoms. The number of hydrogen-bond acceptors (Lipinski definition) is 6. The van der Waals surface area contributed by atoms with Gasteiger partial charge in [-0.1, -0.05) is 25.1 Å². The summed E-state index contributed by atoms with van der Waals surface area (Å²) in [6, 6.07) is 5.90. The zero-order valence-electron chi connectivity index (χ0n) is 17.5. The molecule has 0 aliphatic heterocycles. The molecular formula is C22H20BrClFN5O3. The summed E-state index contributed by atoms with van der Waals surface area (Å²) >= 11 is 9.27. The standard InChI is InChI=1S/C22H20BrClFN5O3/c1-3-20(31)26-5-6-33-19-10-16-12(7-18(19)29-21(32)4-2)22(28-11-27-16)30-17-9-14(24)13(23)8-15(17)25/h4,7-11H,2-3,5-6H2,1H3,(H,26,31)(H,29,32)(H,27,28,30). The van der Waals surface area contributed by atoms with E-state index >= 15 is 0 Å². The van der Waals surface area contributed by atoms with E-state index in [1.54, 1.807) is 19.1 Å². The summed E-state index contributed by atoms with van der Waals surface area (Å²) in [6.07, 6.45) is 2.80. The van der Waals surface area contributed by atoms with Gasteiger partial charge in [0.1, 0.15) is 30.3 Å². The summed E-state index contributed by atoms with van der Waals surface area (Å²) in [6.45, 7) is 5.67. The second-order valence-electron chi connectivity index (χ2n) is 6.70. The van der Waals surface area contributed by atoms with Crippen molar-refractivity contribution in [3.63, 3.8) is 0 Å². The Balaban J connectivity index is 1.96. The van der Waals surface area contributed by atoms with Crippen LogP contribution in [0.1, 0.15) is 13.3 Å². The maximum absolute atomic E-state index is 14.4. The summed E-state index contributed by atoms with van der Waals surface area (Å²) in [5, 5.41) is 9.13. The highest BCUT2D eigenvalue weighted by Crippen LogP contribution is 2.35. The number of halogens is 3. The van der Waals surface area contributed by atoms with Crippen molar-refractivity contribution >= 4 is 67.4 Å². The second kappa shape index (κ2) is 11.1. The number of hydrogen-bond donors (Lipinski definition) is 3. The molecule has 172 valence electrons. The Labute approximate surface area is 202 Å². The normalized spacial score (nSPS) is 10.5. The molecule has 0 atom stereocenters. The van der Waals surface area contributed by atoms with Gasteiger partial charge in [0.25, 0.3) is 0 Å². The van der Waals surface area contributed by atoms with Crippen molar-refractivity contribution in [1.29, 1.82) is 0 Å². The van der Waals surface area contributed by atoms with Crippen LogP contribution >= 0.6 is 27.5 Å². The number of anilines is 3. The number of benzene rings is 2. The molecular weight excluding hydrogens is 517 g/mol. The minimum atomic E-state index is -0.535. The highest BCUT2D eigenvalue weighted by Gasteiger charge is 2.15. The van der Waals surface area contributed by atoms with Crippen LogP contribution in [0.3, 0.4) is 0 Å². The summed E-state index contributed by atoms with van der Waals surface area (Å²) in [7, 11) is 0. The van der Waals surface area contributed by atoms with Crippen molar-refractivity contribution < 1.29 is 18.7 Å². The minimum absolute atomic E-state index is 0.0963. The summed E-state index contributed by atoms with van der Waals surface area (Å²) in [4.78, 5) is 31.8. The quantitative estimate of drug-likeness (QED) is 0.203. The van der Waals surface area contributed by atoms with E-state index in [0.717, 1.165) is 6.08 Å². The maximum Gasteiger partial charge on any atom is 0.247 e. The second-order valence-corrected chi connectivity index (χ2v) is 7.97. The average Bonchev–Trinajstić information content (AvgIpc) is 2.80. The van der Waals surface area contributed by atoms with Crippen molar-refractivity contribution in [2.45, 2.75) is 13.3 Å². The van der Waals surface area contributed by atoms with Gasteiger partial charge in [0.05, 0.1) is 28.5 Å². The van der Waals surface area contributed by atoms with Crippen LogP contribution < -0.4 is 20.7 Å². The fourth-order valence-corrected chi connectivity index (χ4v) is 3.29. The maximum atomic E-state index is 14.4. The molecule has 0 aliphatic rings. The van der Waals surface area contributed by atoms with Crippen LogP contribution in [0.5, 0.6) is 5.75 Å². The van der Waals surface area contributed by atoms with Gasteiger partial charge in [0, 0.05) is 22.3 Å². The number of amides is 2. The van der Waals surface area contributed by atoms with Crippen molar-refractivity contribution in [3.05, 3.63) is 58.6 Å². The number of ether oxygens (including phenoxy) is 1. The molecule has 0 unspecified atom stereocenters. The van der Waals surface area contributed by atoms with Crippen LogP contribution in [0.15, 0.2) is 47.7 Å². The van der Waals surface area contributed by atoms with Crippen LogP contribution in [-0.4, -0.2) is 34.9 Å². The number of nitrogens with one attached hydrogen (secondary N) is 3. The van der Waals surface area contributed by atoms with E-state index in [9.17, 15) is 14.0 Å². The average molecular weight is 537 g/mol. The Kier molecular flexibility index (Phi) is 8.18. The highest BCUT2D eigenvalue weighted by molar-refractivity contribution is 9.10. The first-order chi connectivity index (χ1) is 15.8. The predicted molar refractivity (Wildman–Crippen MR) is 130 cm³/mol. The molecule has 0 saturated carbocycles. The molecule has 2 aromatic carbocycles. The number of carbonyl (C=O) groups is 2. The van der Waals surface area contributed by atoms with Crippen molar-refractivity contribution in [3.8, 4) is 5.75 Å². The molecule has 3 N–H and O–H groups in total. The van der Waals surface area contributed by atoms with Gasteiger partial charge >= 0.3 is 0 Å². The van der Waals surface area contributed by atoms with Gasteiger partial charge in [0.15, 0.2) is 0 Å². The Bertz CT molecular complexity index is 1220. The third kappa shape index (κ3) is 6.17. The number of aromatic nitrogens is 2. The Morgan fingerprint density at radius 3 is 2.76 bits per heavy atom. The smallest absolute Gasteiger partial charge is 0.247 e. The lowest BCUT2D eigenvalue weighted by Gasteiger charge is -2.15. The van der Waals surface area contributed by atoms with Gasteiger partial charge in [0.2, 0.25) is 11.8 Å². The van der Waals surface area contributed by atoms with Crippen LogP contribution in [0.2, 0.25) is 5.02 Å². The summed E-state index contributed by atoms with van der Waals surface area (Å²) in [5.74, 6) is -0.442. The Hall–Kier alpha value is -3.24. The summed E-state index contributed by atoms with van der Waals surface area (Å²) in [5.41, 5.74) is 0.938. The zero-order valence-corrected chi connectivity index (χ0v) is 19.9. The van der Waals surface area contributed by atoms with E-state index in [1.807, 2.05) is 0 Å². The fraction of sp³-hybridized carbons (Fsp3) is 0.182. The van der Waals surface area contributed by atoms with Gasteiger partial charge in [-0.3, -0.25) is 9.59 Å². The molecule has 0 radical (unpaired) electrons. The first kappa shape index (κ1) is 24.4. The molecule has 0 bridgehead atoms. The lowest BCUT2D eigenvalue weighted by molar-refractivity contribution is -0.120. The molecule has 0 spiro atoms. The van der Waals surface area contributed by atoms with Gasteiger partial charge < -0.3 is 20.7 Å². The van der Waals surface area contributed by atoms with Gasteiger partial charge in [-0.15, -0.1) is 0 Å². The van der Waals surface area contributed by atoms with Crippen molar-refractivity contribution in [2.24, 2.45) is 0 Å². The Morgan fingerprint density at radius 1 is 1.24 bits per heavy atom. The molecule has 3 aromatic rings. The van der Waals surface area contributed by atoms with E-state index in [-0.39, 0.29) is 18.2 Å². The van der Waals surface area contributed by atoms with Gasteiger partial charge in [-0.2, -0.15) is 0 Å². The number of fused-ring (bicyclic) bond motifs is 1. The zero-order chi connectivity index (χ0) is 24.0. The van der Waals surface area contributed by atoms with Crippen LogP contribution in [0.25, 0.3) is 10.9 Å². The van der Waals surface area contributed by atoms with Gasteiger partial charge in [-0.25, -0.2) is 14.4 Å². The number of rotatable bonds is 9. The molecule has 33 heavy (non-hydrogen) atoms. The third-order valence-corrected chi connectivity index (χ3v) is 5.64. The van der Waals surface area contributed by atoms with Crippen LogP contribution in [0, 0.1) is 5.82 Å². The lowest BCUT2D eigenvalue weighted by atomic mass is 10.1. The summed E-state index contributed by atoms with van der Waals surface area (Å²) < 4.78 is 20.6. The van der Waals surface area contributed by atoms with E-state index in [1.165, 1.54) is 18.5 Å². The monoisotopic (exact) mass is 535 g/mol. The van der Waals surface area contributed by atoms with E-state index in [2.05, 4.69) is 48.4 Å². The highest BCUT2D eigenvalue weighted by atomic mass is 79.9. The topological polar surface area (TPSA) is 105 Å². The first-order valence-corrected chi connectivity index (χ1v) is 11.0. The van der Waals surface area contributed by atoms with E-state index in [0.29, 0.717) is 50.6 Å². The molecule has 1 heterocycles. The largest absolute Gasteiger partial charge is 0.489 e. The molecule has 1 aromatic heterocycles. The molecule has 8 nitrogen and oxygen atoms in total. The Morgan fingerprint density at radius 2 is 2.03 bits per heavy atom. The van der Waals surface area contributed by atoms with Crippen LogP contribution in [0.4, 0.5) is 21.6 Å². The van der Waals surface area contributed by atoms with Crippen molar-refractivity contribution in [2.75, 3.05) is 23.8 Å². The fourth-order valence-electron chi connectivity index (χ4n) is 2.81. The van der Waals surface area contributed by atoms with Gasteiger partial charge in [-0.05, 0) is 40.2 Å². The predicted octanol–water partition coefficient (Wildman–Crippen LogP) is 4.96. The lowest BCUT2D eigenvalue weighted by Crippen LogP contribution is -2.27. The molecule has 0 saturated heterocycles. The SMILES string of the molecule is C=CC(=O)Nc1cc2c(Nc3cc(Cl)c(Br)cc3F)ncnc2cc1OCCNC(=O)CC. The molecule has 2 amide bonds. The molecule has 0 fully saturated rings. The van der Waals surface area contributed by atoms with E-state index in [4.69, 9.17) is 16.3 Å². The number of carbonyl (C=O) groups excluding carboxylic acids is 2.